The van der Waals surface area contributed by atoms with Gasteiger partial charge in [0, 0.05) is 31.6 Å². The van der Waals surface area contributed by atoms with Crippen molar-refractivity contribution in [2.24, 2.45) is 28.6 Å². The van der Waals surface area contributed by atoms with E-state index in [-0.39, 0.29) is 16.7 Å². The maximum atomic E-state index is 12.1. The fourth-order valence-electron chi connectivity index (χ4n) is 7.45. The van der Waals surface area contributed by atoms with E-state index < -0.39 is 0 Å². The van der Waals surface area contributed by atoms with E-state index in [2.05, 4.69) is 19.9 Å². The highest BCUT2D eigenvalue weighted by molar-refractivity contribution is 5.89. The first-order chi connectivity index (χ1) is 11.8. The van der Waals surface area contributed by atoms with E-state index in [4.69, 9.17) is 0 Å². The predicted molar refractivity (Wildman–Crippen MR) is 97.7 cm³/mol. The average molecular weight is 344 g/mol. The fourth-order valence-corrected chi connectivity index (χ4v) is 7.45. The van der Waals surface area contributed by atoms with Crippen LogP contribution in [0.5, 0.6) is 0 Å². The molecule has 3 aliphatic carbocycles. The van der Waals surface area contributed by atoms with E-state index in [9.17, 15) is 9.59 Å². The Bertz CT molecular complexity index is 617. The van der Waals surface area contributed by atoms with Crippen molar-refractivity contribution in [2.75, 3.05) is 14.1 Å². The number of likely N-dealkylation sites (N-methyl/N-ethyl adjacent to an activating group) is 1. The van der Waals surface area contributed by atoms with Crippen molar-refractivity contribution in [1.82, 2.24) is 9.80 Å². The minimum Gasteiger partial charge on any atom is -0.345 e. The monoisotopic (exact) mass is 344 g/mol. The Balaban J connectivity index is 1.65. The molecule has 0 spiro atoms. The van der Waals surface area contributed by atoms with Crippen LogP contribution in [0.3, 0.4) is 0 Å². The van der Waals surface area contributed by atoms with Crippen LogP contribution in [0.2, 0.25) is 0 Å². The SMILES string of the molecule is CN(C=O)[C@H]1CC[C@H]2[C@@H]3CC[C@H]4N(C)C(=O)C=C[C@]4(C)[C@H]3CC[C@]12C. The van der Waals surface area contributed by atoms with Crippen LogP contribution in [0.1, 0.15) is 52.4 Å². The molecule has 3 saturated carbocycles. The van der Waals surface area contributed by atoms with Crippen LogP contribution in [0.15, 0.2) is 12.2 Å². The first-order valence-electron chi connectivity index (χ1n) is 9.96. The third-order valence-corrected chi connectivity index (χ3v) is 8.74. The van der Waals surface area contributed by atoms with Gasteiger partial charge in [-0.3, -0.25) is 9.59 Å². The normalized spacial score (nSPS) is 48.6. The third-order valence-electron chi connectivity index (χ3n) is 8.74. The van der Waals surface area contributed by atoms with Gasteiger partial charge in [0.2, 0.25) is 12.3 Å². The molecule has 0 radical (unpaired) electrons. The van der Waals surface area contributed by atoms with Crippen LogP contribution in [-0.4, -0.2) is 48.3 Å². The van der Waals surface area contributed by atoms with Gasteiger partial charge in [-0.25, -0.2) is 0 Å². The zero-order valence-electron chi connectivity index (χ0n) is 16.1. The van der Waals surface area contributed by atoms with Crippen molar-refractivity contribution < 1.29 is 9.59 Å². The highest BCUT2D eigenvalue weighted by atomic mass is 16.2. The Morgan fingerprint density at radius 2 is 1.92 bits per heavy atom. The van der Waals surface area contributed by atoms with Gasteiger partial charge >= 0.3 is 0 Å². The molecule has 4 nitrogen and oxygen atoms in total. The molecule has 4 aliphatic rings. The molecule has 25 heavy (non-hydrogen) atoms. The first-order valence-corrected chi connectivity index (χ1v) is 9.96. The smallest absolute Gasteiger partial charge is 0.246 e. The van der Waals surface area contributed by atoms with Gasteiger partial charge in [0.05, 0.1) is 0 Å². The highest BCUT2D eigenvalue weighted by Crippen LogP contribution is 2.64. The van der Waals surface area contributed by atoms with Crippen LogP contribution >= 0.6 is 0 Å². The summed E-state index contributed by atoms with van der Waals surface area (Å²) in [5, 5.41) is 0. The number of hydrogen-bond acceptors (Lipinski definition) is 2. The van der Waals surface area contributed by atoms with E-state index in [1.807, 2.05) is 30.0 Å². The van der Waals surface area contributed by atoms with Gasteiger partial charge in [-0.1, -0.05) is 19.9 Å². The molecule has 0 N–H and O–H groups in total. The second-order valence-corrected chi connectivity index (χ2v) is 9.53. The summed E-state index contributed by atoms with van der Waals surface area (Å²) in [6.07, 6.45) is 12.2. The Morgan fingerprint density at radius 1 is 1.16 bits per heavy atom. The summed E-state index contributed by atoms with van der Waals surface area (Å²) in [4.78, 5) is 27.4. The van der Waals surface area contributed by atoms with Gasteiger partial charge in [-0.2, -0.15) is 0 Å². The lowest BCUT2D eigenvalue weighted by Gasteiger charge is -2.60. The van der Waals surface area contributed by atoms with E-state index in [0.29, 0.717) is 23.9 Å². The molecule has 0 aromatic carbocycles. The molecule has 1 aliphatic heterocycles. The molecule has 0 aromatic heterocycles. The predicted octanol–water partition coefficient (Wildman–Crippen LogP) is 3.08. The van der Waals surface area contributed by atoms with E-state index in [0.717, 1.165) is 25.2 Å². The van der Waals surface area contributed by atoms with Crippen LogP contribution in [0.4, 0.5) is 0 Å². The molecule has 0 saturated heterocycles. The van der Waals surface area contributed by atoms with Gasteiger partial charge in [-0.05, 0) is 67.8 Å². The number of carbonyl (C=O) groups is 2. The summed E-state index contributed by atoms with van der Waals surface area (Å²) >= 11 is 0. The molecule has 4 rings (SSSR count). The minimum atomic E-state index is 0.113. The zero-order valence-corrected chi connectivity index (χ0v) is 16.1. The third kappa shape index (κ3) is 2.18. The van der Waals surface area contributed by atoms with Crippen molar-refractivity contribution in [3.63, 3.8) is 0 Å². The quantitative estimate of drug-likeness (QED) is 0.722. The summed E-state index contributed by atoms with van der Waals surface area (Å²) in [5.74, 6) is 2.27. The Kier molecular flexibility index (Phi) is 3.82. The number of nitrogens with zero attached hydrogens (tertiary/aromatic N) is 2. The van der Waals surface area contributed by atoms with Crippen molar-refractivity contribution in [3.8, 4) is 0 Å². The topological polar surface area (TPSA) is 40.6 Å². The molecule has 0 bridgehead atoms. The molecule has 0 aromatic rings. The number of amides is 2. The standard InChI is InChI=1S/C21H32N2O2/c1-20-11-9-16-14(15(20)6-8-17(20)22(3)13-24)5-7-18-21(16,2)12-10-19(25)23(18)4/h10,12-18H,5-9,11H2,1-4H3/t14-,15-,16-,17-,18+,20-,21+/m0/s1. The minimum absolute atomic E-state index is 0.113. The molecule has 138 valence electrons. The second kappa shape index (κ2) is 5.59. The van der Waals surface area contributed by atoms with Crippen molar-refractivity contribution in [2.45, 2.75) is 64.5 Å². The summed E-state index contributed by atoms with van der Waals surface area (Å²) in [7, 11) is 3.94. The van der Waals surface area contributed by atoms with E-state index >= 15 is 0 Å². The van der Waals surface area contributed by atoms with Gasteiger partial charge in [-0.15, -0.1) is 0 Å². The number of carbonyl (C=O) groups excluding carboxylic acids is 2. The molecule has 3 fully saturated rings. The zero-order chi connectivity index (χ0) is 18.0. The first kappa shape index (κ1) is 17.1. The largest absolute Gasteiger partial charge is 0.345 e. The number of hydrogen-bond donors (Lipinski definition) is 0. The van der Waals surface area contributed by atoms with E-state index in [1.165, 1.54) is 25.7 Å². The van der Waals surface area contributed by atoms with Gasteiger partial charge in [0.1, 0.15) is 0 Å². The molecular weight excluding hydrogens is 312 g/mol. The number of fused-ring (bicyclic) bond motifs is 5. The lowest BCUT2D eigenvalue weighted by molar-refractivity contribution is -0.139. The molecule has 1 heterocycles. The highest BCUT2D eigenvalue weighted by Gasteiger charge is 2.60. The average Bonchev–Trinajstić information content (AvgIpc) is 2.95. The Morgan fingerprint density at radius 3 is 2.64 bits per heavy atom. The van der Waals surface area contributed by atoms with Crippen LogP contribution < -0.4 is 0 Å². The lowest BCUT2D eigenvalue weighted by Crippen LogP contribution is -2.60. The van der Waals surface area contributed by atoms with Crippen LogP contribution in [-0.2, 0) is 9.59 Å². The van der Waals surface area contributed by atoms with E-state index in [1.54, 1.807) is 0 Å². The van der Waals surface area contributed by atoms with Crippen LogP contribution in [0.25, 0.3) is 0 Å². The lowest BCUT2D eigenvalue weighted by atomic mass is 9.48. The maximum Gasteiger partial charge on any atom is 0.246 e. The second-order valence-electron chi connectivity index (χ2n) is 9.53. The molecule has 4 heteroatoms. The summed E-state index contributed by atoms with van der Waals surface area (Å²) in [6, 6.07) is 0.748. The summed E-state index contributed by atoms with van der Waals surface area (Å²) in [5.41, 5.74) is 0.377. The maximum absolute atomic E-state index is 12.1. The van der Waals surface area contributed by atoms with Crippen LogP contribution in [0, 0.1) is 28.6 Å². The van der Waals surface area contributed by atoms with Gasteiger partial charge in [0.25, 0.3) is 0 Å². The van der Waals surface area contributed by atoms with Crippen molar-refractivity contribution >= 4 is 12.3 Å². The number of rotatable bonds is 2. The molecule has 0 unspecified atom stereocenters. The molecule has 2 amide bonds. The fraction of sp³-hybridized carbons (Fsp3) is 0.810. The van der Waals surface area contributed by atoms with Crippen molar-refractivity contribution in [1.29, 1.82) is 0 Å². The Hall–Kier alpha value is -1.32. The summed E-state index contributed by atoms with van der Waals surface area (Å²) < 4.78 is 0. The van der Waals surface area contributed by atoms with Crippen molar-refractivity contribution in [3.05, 3.63) is 12.2 Å². The molecule has 7 atom stereocenters. The molecular formula is C21H32N2O2. The Labute approximate surface area is 151 Å². The summed E-state index contributed by atoms with van der Waals surface area (Å²) in [6.45, 7) is 4.83. The van der Waals surface area contributed by atoms with Gasteiger partial charge in [0.15, 0.2) is 0 Å². The van der Waals surface area contributed by atoms with Gasteiger partial charge < -0.3 is 9.80 Å².